The largest absolute Gasteiger partial charge is 0.454 e. The zero-order chi connectivity index (χ0) is 37.4. The van der Waals surface area contributed by atoms with Crippen LogP contribution >= 0.6 is 0 Å². The summed E-state index contributed by atoms with van der Waals surface area (Å²) < 4.78 is 5.86. The summed E-state index contributed by atoms with van der Waals surface area (Å²) in [5.74, 6) is 0.0519. The molecule has 3 aliphatic rings. The Morgan fingerprint density at radius 3 is 1.86 bits per heavy atom. The molecular formula is C52H37N3O. The second kappa shape index (κ2) is 12.5. The normalized spacial score (nSPS) is 15.3. The molecule has 2 unspecified atom stereocenters. The van der Waals surface area contributed by atoms with Crippen LogP contribution in [0.15, 0.2) is 188 Å². The number of ether oxygens (including phenoxy) is 1. The van der Waals surface area contributed by atoms with E-state index in [1.165, 1.54) is 66.8 Å². The van der Waals surface area contributed by atoms with E-state index in [4.69, 9.17) is 15.9 Å². The van der Waals surface area contributed by atoms with Gasteiger partial charge in [0.1, 0.15) is 0 Å². The highest BCUT2D eigenvalue weighted by Crippen LogP contribution is 2.65. The van der Waals surface area contributed by atoms with Gasteiger partial charge in [-0.05, 0) is 96.6 Å². The molecule has 4 heteroatoms. The van der Waals surface area contributed by atoms with Crippen LogP contribution in [0.1, 0.15) is 56.8 Å². The van der Waals surface area contributed by atoms with E-state index < -0.39 is 11.6 Å². The van der Waals surface area contributed by atoms with E-state index in [1.807, 2.05) is 42.5 Å². The van der Waals surface area contributed by atoms with E-state index in [9.17, 15) is 0 Å². The molecule has 0 saturated carbocycles. The molecule has 1 spiro atoms. The van der Waals surface area contributed by atoms with Crippen LogP contribution in [0, 0.1) is 5.41 Å². The lowest BCUT2D eigenvalue weighted by Gasteiger charge is -2.34. The Labute approximate surface area is 326 Å². The van der Waals surface area contributed by atoms with E-state index in [2.05, 4.69) is 151 Å². The van der Waals surface area contributed by atoms with Crippen molar-refractivity contribution in [2.75, 3.05) is 5.32 Å². The standard InChI is InChI=1S/C52H37N3O/c53-50(34-13-2-1-3-14-34)56-51(54)36-16-12-15-35(31-36)32-25-27-33(28-26-32)49-48-40(39-19-7-11-24-46(39)55-49)29-30-45-47(48)41-20-6-10-23-44(41)52(45)42-21-8-4-17-37(42)38-18-5-9-22-43(38)52/h1-31,49,51,53,55H,54H2. The summed E-state index contributed by atoms with van der Waals surface area (Å²) in [6.45, 7) is 0. The molecule has 0 bridgehead atoms. The highest BCUT2D eigenvalue weighted by Gasteiger charge is 2.52. The number of hydrogen-bond acceptors (Lipinski definition) is 4. The third-order valence-electron chi connectivity index (χ3n) is 12.1. The lowest BCUT2D eigenvalue weighted by Crippen LogP contribution is -2.26. The summed E-state index contributed by atoms with van der Waals surface area (Å²) >= 11 is 0. The maximum Gasteiger partial charge on any atom is 0.215 e. The lowest BCUT2D eigenvalue weighted by atomic mass is 9.70. The van der Waals surface area contributed by atoms with E-state index in [0.29, 0.717) is 5.56 Å². The van der Waals surface area contributed by atoms with E-state index in [1.54, 1.807) is 0 Å². The molecule has 0 amide bonds. The van der Waals surface area contributed by atoms with Gasteiger partial charge in [-0.25, -0.2) is 0 Å². The molecule has 8 aromatic rings. The van der Waals surface area contributed by atoms with Crippen molar-refractivity contribution in [2.45, 2.75) is 17.7 Å². The van der Waals surface area contributed by atoms with Crippen LogP contribution in [0.2, 0.25) is 0 Å². The molecule has 0 fully saturated rings. The van der Waals surface area contributed by atoms with E-state index >= 15 is 0 Å². The van der Waals surface area contributed by atoms with Gasteiger partial charge in [0.15, 0.2) is 6.23 Å². The summed E-state index contributed by atoms with van der Waals surface area (Å²) in [6.07, 6.45) is -0.767. The number of hydrogen-bond donors (Lipinski definition) is 3. The molecule has 0 radical (unpaired) electrons. The maximum atomic E-state index is 8.44. The van der Waals surface area contributed by atoms with Crippen molar-refractivity contribution in [3.05, 3.63) is 233 Å². The molecular weight excluding hydrogens is 683 g/mol. The minimum Gasteiger partial charge on any atom is -0.454 e. The Morgan fingerprint density at radius 1 is 0.536 bits per heavy atom. The van der Waals surface area contributed by atoms with Crippen molar-refractivity contribution in [3.8, 4) is 44.5 Å². The molecule has 1 aliphatic heterocycles. The Bertz CT molecular complexity index is 2810. The smallest absolute Gasteiger partial charge is 0.215 e. The van der Waals surface area contributed by atoms with Gasteiger partial charge in [-0.3, -0.25) is 11.1 Å². The fraction of sp³-hybridized carbons (Fsp3) is 0.0577. The zero-order valence-electron chi connectivity index (χ0n) is 30.5. The first-order valence-corrected chi connectivity index (χ1v) is 19.2. The third-order valence-corrected chi connectivity index (χ3v) is 12.1. The first kappa shape index (κ1) is 32.4. The second-order valence-corrected chi connectivity index (χ2v) is 14.9. The monoisotopic (exact) mass is 719 g/mol. The minimum absolute atomic E-state index is 0.0519. The van der Waals surface area contributed by atoms with Crippen LogP contribution in [-0.2, 0) is 10.2 Å². The summed E-state index contributed by atoms with van der Waals surface area (Å²) in [5.41, 5.74) is 26.4. The molecule has 0 aromatic heterocycles. The van der Waals surface area contributed by atoms with Gasteiger partial charge in [-0.1, -0.05) is 164 Å². The van der Waals surface area contributed by atoms with Gasteiger partial charge >= 0.3 is 0 Å². The molecule has 2 aliphatic carbocycles. The quantitative estimate of drug-likeness (QED) is 0.0942. The number of benzene rings is 8. The molecule has 4 nitrogen and oxygen atoms in total. The Kier molecular flexibility index (Phi) is 7.25. The average Bonchev–Trinajstić information content (AvgIpc) is 3.74. The topological polar surface area (TPSA) is 71.1 Å². The second-order valence-electron chi connectivity index (χ2n) is 14.9. The molecule has 56 heavy (non-hydrogen) atoms. The highest BCUT2D eigenvalue weighted by molar-refractivity contribution is 6.00. The number of anilines is 1. The molecule has 1 heterocycles. The number of fused-ring (bicyclic) bond motifs is 14. The zero-order valence-corrected chi connectivity index (χ0v) is 30.5. The van der Waals surface area contributed by atoms with Gasteiger partial charge in [-0.2, -0.15) is 0 Å². The summed E-state index contributed by atoms with van der Waals surface area (Å²) in [7, 11) is 0. The molecule has 8 aromatic carbocycles. The van der Waals surface area contributed by atoms with Crippen LogP contribution in [0.5, 0.6) is 0 Å². The first-order chi connectivity index (χ1) is 27.6. The van der Waals surface area contributed by atoms with Crippen molar-refractivity contribution in [1.82, 2.24) is 0 Å². The van der Waals surface area contributed by atoms with Gasteiger partial charge in [0.2, 0.25) is 5.90 Å². The minimum atomic E-state index is -0.767. The molecule has 0 saturated heterocycles. The molecule has 11 rings (SSSR count). The Morgan fingerprint density at radius 2 is 1.14 bits per heavy atom. The van der Waals surface area contributed by atoms with Crippen molar-refractivity contribution < 1.29 is 4.74 Å². The third kappa shape index (κ3) is 4.66. The summed E-state index contributed by atoms with van der Waals surface area (Å²) in [6, 6.07) is 66.9. The van der Waals surface area contributed by atoms with Gasteiger partial charge in [0.25, 0.3) is 0 Å². The van der Waals surface area contributed by atoms with E-state index in [0.717, 1.165) is 22.4 Å². The SMILES string of the molecule is N=C(OC(N)c1cccc(-c2ccc(C3Nc4ccccc4-c4ccc5c(c43)-c3ccccc3C53c4ccccc4-c4ccccc43)cc2)c1)c1ccccc1. The number of nitrogens with two attached hydrogens (primary N) is 1. The lowest BCUT2D eigenvalue weighted by molar-refractivity contribution is 0.199. The van der Waals surface area contributed by atoms with Crippen LogP contribution < -0.4 is 11.1 Å². The molecule has 4 N–H and O–H groups in total. The maximum absolute atomic E-state index is 8.44. The van der Waals surface area contributed by atoms with Crippen molar-refractivity contribution in [2.24, 2.45) is 5.73 Å². The van der Waals surface area contributed by atoms with Gasteiger partial charge in [-0.15, -0.1) is 0 Å². The average molecular weight is 720 g/mol. The van der Waals surface area contributed by atoms with Crippen LogP contribution in [-0.4, -0.2) is 5.90 Å². The molecule has 2 atom stereocenters. The molecule has 266 valence electrons. The fourth-order valence-corrected chi connectivity index (χ4v) is 9.68. The predicted molar refractivity (Wildman–Crippen MR) is 227 cm³/mol. The van der Waals surface area contributed by atoms with E-state index in [-0.39, 0.29) is 11.9 Å². The number of rotatable bonds is 5. The Balaban J connectivity index is 1.03. The van der Waals surface area contributed by atoms with Crippen LogP contribution in [0.25, 0.3) is 44.5 Å². The van der Waals surface area contributed by atoms with Gasteiger partial charge in [0, 0.05) is 22.4 Å². The van der Waals surface area contributed by atoms with Crippen molar-refractivity contribution in [3.63, 3.8) is 0 Å². The summed E-state index contributed by atoms with van der Waals surface area (Å²) in [4.78, 5) is 0. The van der Waals surface area contributed by atoms with Crippen LogP contribution in [0.3, 0.4) is 0 Å². The van der Waals surface area contributed by atoms with Crippen molar-refractivity contribution in [1.29, 1.82) is 5.41 Å². The van der Waals surface area contributed by atoms with Gasteiger partial charge in [0.05, 0.1) is 11.5 Å². The Hall–Kier alpha value is -7.01. The van der Waals surface area contributed by atoms with Crippen molar-refractivity contribution >= 4 is 11.6 Å². The fourth-order valence-electron chi connectivity index (χ4n) is 9.68. The summed E-state index contributed by atoms with van der Waals surface area (Å²) in [5, 5.41) is 12.4. The van der Waals surface area contributed by atoms with Crippen LogP contribution in [0.4, 0.5) is 5.69 Å². The highest BCUT2D eigenvalue weighted by atomic mass is 16.5. The predicted octanol–water partition coefficient (Wildman–Crippen LogP) is 11.9. The number of nitrogens with one attached hydrogen (secondary N) is 2. The number of para-hydroxylation sites is 1. The first-order valence-electron chi connectivity index (χ1n) is 19.2. The van der Waals surface area contributed by atoms with Gasteiger partial charge < -0.3 is 10.1 Å².